The van der Waals surface area contributed by atoms with Gasteiger partial charge in [-0.25, -0.2) is 0 Å². The number of aromatic nitrogens is 1. The SMILES string of the molecule is CN1C=CN(c2cccc(Oc3ccc4c5ccc6oc7ccccc7c6c5n(-c5ccccc5)c4c3)c2)C1. The Morgan fingerprint density at radius 1 is 0.641 bits per heavy atom. The number of hydrogen-bond acceptors (Lipinski definition) is 4. The lowest BCUT2D eigenvalue weighted by molar-refractivity contribution is 0.481. The number of rotatable bonds is 4. The Bertz CT molecular complexity index is 2050. The number of furan rings is 1. The normalized spacial score (nSPS) is 13.5. The Labute approximate surface area is 225 Å². The standard InChI is InChI=1S/C34H25N3O2/c1-35-18-19-36(22-35)24-10-7-11-25(20-24)38-26-14-15-27-28-16-17-32-33(29-12-5-6-13-31(29)39-32)34(28)37(30(27)21-26)23-8-3-2-4-9-23/h2-21H,22H2,1H3. The van der Waals surface area contributed by atoms with Crippen LogP contribution in [0.5, 0.6) is 11.5 Å². The van der Waals surface area contributed by atoms with E-state index in [2.05, 4.69) is 119 Å². The highest BCUT2D eigenvalue weighted by Crippen LogP contribution is 2.42. The molecule has 0 aliphatic carbocycles. The molecule has 1 aliphatic heterocycles. The molecule has 5 nitrogen and oxygen atoms in total. The zero-order valence-electron chi connectivity index (χ0n) is 21.4. The summed E-state index contributed by atoms with van der Waals surface area (Å²) in [5.41, 5.74) is 6.21. The lowest BCUT2D eigenvalue weighted by atomic mass is 10.1. The summed E-state index contributed by atoms with van der Waals surface area (Å²) < 4.78 is 15.0. The summed E-state index contributed by atoms with van der Waals surface area (Å²) in [6, 6.07) is 37.6. The van der Waals surface area contributed by atoms with Crippen molar-refractivity contribution >= 4 is 49.4 Å². The molecule has 0 N–H and O–H groups in total. The maximum absolute atomic E-state index is 6.45. The van der Waals surface area contributed by atoms with E-state index in [9.17, 15) is 0 Å². The molecule has 0 bridgehead atoms. The molecule has 0 saturated carbocycles. The fourth-order valence-corrected chi connectivity index (χ4v) is 5.76. The molecule has 0 spiro atoms. The summed E-state index contributed by atoms with van der Waals surface area (Å²) in [5.74, 6) is 1.60. The van der Waals surface area contributed by atoms with Crippen LogP contribution in [0.1, 0.15) is 0 Å². The fourth-order valence-electron chi connectivity index (χ4n) is 5.76. The molecule has 0 amide bonds. The van der Waals surface area contributed by atoms with E-state index in [0.717, 1.165) is 62.5 Å². The van der Waals surface area contributed by atoms with Crippen molar-refractivity contribution in [3.05, 3.63) is 122 Å². The van der Waals surface area contributed by atoms with Gasteiger partial charge in [-0.15, -0.1) is 0 Å². The molecule has 2 aromatic heterocycles. The molecule has 7 aromatic rings. The van der Waals surface area contributed by atoms with E-state index in [1.807, 2.05) is 24.3 Å². The van der Waals surface area contributed by atoms with Gasteiger partial charge < -0.3 is 23.5 Å². The van der Waals surface area contributed by atoms with Crippen LogP contribution in [0.15, 0.2) is 126 Å². The summed E-state index contributed by atoms with van der Waals surface area (Å²) in [6.07, 6.45) is 4.16. The summed E-state index contributed by atoms with van der Waals surface area (Å²) in [4.78, 5) is 4.34. The molecule has 8 rings (SSSR count). The molecule has 5 heteroatoms. The van der Waals surface area contributed by atoms with Crippen molar-refractivity contribution in [1.82, 2.24) is 9.47 Å². The molecule has 3 heterocycles. The number of nitrogens with zero attached hydrogens (tertiary/aromatic N) is 3. The number of fused-ring (bicyclic) bond motifs is 7. The van der Waals surface area contributed by atoms with Gasteiger partial charge in [0.05, 0.1) is 23.1 Å². The van der Waals surface area contributed by atoms with Crippen LogP contribution in [0.3, 0.4) is 0 Å². The van der Waals surface area contributed by atoms with Gasteiger partial charge in [-0.05, 0) is 54.6 Å². The Hall–Kier alpha value is -5.16. The van der Waals surface area contributed by atoms with Crippen LogP contribution < -0.4 is 9.64 Å². The number of anilines is 1. The maximum atomic E-state index is 6.45. The van der Waals surface area contributed by atoms with E-state index < -0.39 is 0 Å². The molecule has 39 heavy (non-hydrogen) atoms. The third-order valence-electron chi connectivity index (χ3n) is 7.52. The Morgan fingerprint density at radius 3 is 2.31 bits per heavy atom. The van der Waals surface area contributed by atoms with E-state index in [1.54, 1.807) is 0 Å². The predicted molar refractivity (Wildman–Crippen MR) is 159 cm³/mol. The van der Waals surface area contributed by atoms with E-state index in [-0.39, 0.29) is 0 Å². The highest BCUT2D eigenvalue weighted by molar-refractivity contribution is 6.24. The van der Waals surface area contributed by atoms with Gasteiger partial charge in [0.15, 0.2) is 0 Å². The van der Waals surface area contributed by atoms with Crippen molar-refractivity contribution in [1.29, 1.82) is 0 Å². The first-order chi connectivity index (χ1) is 19.2. The summed E-state index contributed by atoms with van der Waals surface area (Å²) >= 11 is 0. The Kier molecular flexibility index (Phi) is 4.73. The second kappa shape index (κ2) is 8.43. The van der Waals surface area contributed by atoms with Crippen molar-refractivity contribution in [2.24, 2.45) is 0 Å². The zero-order chi connectivity index (χ0) is 25.9. The second-order valence-corrected chi connectivity index (χ2v) is 10.0. The smallest absolute Gasteiger partial charge is 0.137 e. The number of ether oxygens (including phenoxy) is 1. The average Bonchev–Trinajstić information content (AvgIpc) is 3.66. The average molecular weight is 508 g/mol. The largest absolute Gasteiger partial charge is 0.457 e. The molecule has 5 aromatic carbocycles. The van der Waals surface area contributed by atoms with E-state index in [0.29, 0.717) is 0 Å². The van der Waals surface area contributed by atoms with Crippen LogP contribution in [-0.4, -0.2) is 23.2 Å². The second-order valence-electron chi connectivity index (χ2n) is 10.0. The monoisotopic (exact) mass is 507 g/mol. The molecule has 0 saturated heterocycles. The molecule has 0 fully saturated rings. The van der Waals surface area contributed by atoms with Gasteiger partial charge >= 0.3 is 0 Å². The minimum Gasteiger partial charge on any atom is -0.457 e. The molecule has 188 valence electrons. The highest BCUT2D eigenvalue weighted by Gasteiger charge is 2.19. The summed E-state index contributed by atoms with van der Waals surface area (Å²) in [7, 11) is 2.07. The van der Waals surface area contributed by atoms with Crippen molar-refractivity contribution in [2.45, 2.75) is 0 Å². The topological polar surface area (TPSA) is 33.8 Å². The minimum absolute atomic E-state index is 0.794. The highest BCUT2D eigenvalue weighted by atomic mass is 16.5. The molecule has 0 radical (unpaired) electrons. The molecule has 1 aliphatic rings. The van der Waals surface area contributed by atoms with Crippen molar-refractivity contribution in [3.63, 3.8) is 0 Å². The van der Waals surface area contributed by atoms with Crippen LogP contribution in [-0.2, 0) is 0 Å². The van der Waals surface area contributed by atoms with Gasteiger partial charge in [-0.2, -0.15) is 0 Å². The fraction of sp³-hybridized carbons (Fsp3) is 0.0588. The number of para-hydroxylation sites is 2. The minimum atomic E-state index is 0.794. The first kappa shape index (κ1) is 21.9. The first-order valence-electron chi connectivity index (χ1n) is 13.1. The van der Waals surface area contributed by atoms with Crippen LogP contribution in [0.2, 0.25) is 0 Å². The zero-order valence-corrected chi connectivity index (χ0v) is 21.4. The third kappa shape index (κ3) is 3.47. The quantitative estimate of drug-likeness (QED) is 0.239. The van der Waals surface area contributed by atoms with Crippen LogP contribution in [0, 0.1) is 0 Å². The van der Waals surface area contributed by atoms with E-state index in [1.165, 1.54) is 10.8 Å². The van der Waals surface area contributed by atoms with Gasteiger partial charge in [-0.3, -0.25) is 0 Å². The predicted octanol–water partition coefficient (Wildman–Crippen LogP) is 8.66. The van der Waals surface area contributed by atoms with Crippen LogP contribution in [0.25, 0.3) is 49.4 Å². The van der Waals surface area contributed by atoms with Gasteiger partial charge in [0, 0.05) is 59.1 Å². The van der Waals surface area contributed by atoms with Crippen LogP contribution >= 0.6 is 0 Å². The molecule has 0 unspecified atom stereocenters. The number of benzene rings is 5. The van der Waals surface area contributed by atoms with Crippen molar-refractivity contribution < 1.29 is 9.15 Å². The van der Waals surface area contributed by atoms with Gasteiger partial charge in [0.1, 0.15) is 22.7 Å². The third-order valence-corrected chi connectivity index (χ3v) is 7.52. The maximum Gasteiger partial charge on any atom is 0.137 e. The summed E-state index contributed by atoms with van der Waals surface area (Å²) in [5, 5.41) is 4.61. The number of hydrogen-bond donors (Lipinski definition) is 0. The van der Waals surface area contributed by atoms with Gasteiger partial charge in [-0.1, -0.05) is 42.5 Å². The molecular formula is C34H25N3O2. The molecule has 0 atom stereocenters. The summed E-state index contributed by atoms with van der Waals surface area (Å²) in [6.45, 7) is 0.823. The first-order valence-corrected chi connectivity index (χ1v) is 13.1. The van der Waals surface area contributed by atoms with Gasteiger partial charge in [0.2, 0.25) is 0 Å². The lowest BCUT2D eigenvalue weighted by Gasteiger charge is -2.19. The molecular weight excluding hydrogens is 482 g/mol. The van der Waals surface area contributed by atoms with Crippen molar-refractivity contribution in [2.75, 3.05) is 18.6 Å². The van der Waals surface area contributed by atoms with Crippen LogP contribution in [0.4, 0.5) is 5.69 Å². The lowest BCUT2D eigenvalue weighted by Crippen LogP contribution is -2.21. The van der Waals surface area contributed by atoms with Gasteiger partial charge in [0.25, 0.3) is 0 Å². The van der Waals surface area contributed by atoms with E-state index in [4.69, 9.17) is 9.15 Å². The van der Waals surface area contributed by atoms with E-state index >= 15 is 0 Å². The Balaban J connectivity index is 1.33. The van der Waals surface area contributed by atoms with Crippen molar-refractivity contribution in [3.8, 4) is 17.2 Å². The Morgan fingerprint density at radius 2 is 1.44 bits per heavy atom.